The standard InChI is InChI=1S/C22H22N6OS2/c1-14-4-7-17(8-5-14)23-20(29)11-21-24-18(12-30-21)13-31-22-25-26-27-28(22)19-9-6-15(2)16(3)10-19/h4-10,12H,11,13H2,1-3H3,(H,23,29). The van der Waals surface area contributed by atoms with Gasteiger partial charge in [0.1, 0.15) is 5.01 Å². The third kappa shape index (κ3) is 5.36. The van der Waals surface area contributed by atoms with Crippen LogP contribution < -0.4 is 5.32 Å². The van der Waals surface area contributed by atoms with E-state index in [4.69, 9.17) is 0 Å². The van der Waals surface area contributed by atoms with Crippen molar-refractivity contribution in [3.63, 3.8) is 0 Å². The molecule has 4 rings (SSSR count). The smallest absolute Gasteiger partial charge is 0.231 e. The van der Waals surface area contributed by atoms with Crippen LogP contribution in [0.25, 0.3) is 5.69 Å². The number of benzene rings is 2. The Morgan fingerprint density at radius 3 is 2.68 bits per heavy atom. The van der Waals surface area contributed by atoms with Gasteiger partial charge in [-0.05, 0) is 66.6 Å². The van der Waals surface area contributed by atoms with Crippen LogP contribution in [0.15, 0.2) is 53.0 Å². The van der Waals surface area contributed by atoms with Gasteiger partial charge >= 0.3 is 0 Å². The average molecular weight is 451 g/mol. The van der Waals surface area contributed by atoms with Gasteiger partial charge in [-0.15, -0.1) is 16.4 Å². The van der Waals surface area contributed by atoms with Gasteiger partial charge < -0.3 is 5.32 Å². The number of nitrogens with one attached hydrogen (secondary N) is 1. The maximum atomic E-state index is 12.3. The molecule has 0 aliphatic rings. The minimum Gasteiger partial charge on any atom is -0.326 e. The van der Waals surface area contributed by atoms with Crippen LogP contribution in [0.1, 0.15) is 27.4 Å². The van der Waals surface area contributed by atoms with Crippen molar-refractivity contribution in [2.24, 2.45) is 0 Å². The van der Waals surface area contributed by atoms with Crippen LogP contribution in [0.4, 0.5) is 5.69 Å². The second-order valence-electron chi connectivity index (χ2n) is 7.25. The quantitative estimate of drug-likeness (QED) is 0.417. The summed E-state index contributed by atoms with van der Waals surface area (Å²) in [7, 11) is 0. The molecule has 2 heterocycles. The fourth-order valence-electron chi connectivity index (χ4n) is 2.90. The number of rotatable bonds is 7. The number of carbonyl (C=O) groups excluding carboxylic acids is 1. The highest BCUT2D eigenvalue weighted by Gasteiger charge is 2.13. The Labute approximate surface area is 188 Å². The fourth-order valence-corrected chi connectivity index (χ4v) is 4.58. The molecule has 0 aliphatic carbocycles. The lowest BCUT2D eigenvalue weighted by Crippen LogP contribution is -2.14. The van der Waals surface area contributed by atoms with Gasteiger partial charge in [0.25, 0.3) is 0 Å². The predicted octanol–water partition coefficient (Wildman–Crippen LogP) is 4.52. The van der Waals surface area contributed by atoms with Gasteiger partial charge in [-0.25, -0.2) is 4.98 Å². The van der Waals surface area contributed by atoms with Gasteiger partial charge in [0.15, 0.2) is 0 Å². The van der Waals surface area contributed by atoms with Crippen molar-refractivity contribution in [3.05, 3.63) is 75.2 Å². The summed E-state index contributed by atoms with van der Waals surface area (Å²) in [5.41, 5.74) is 6.21. The first-order valence-electron chi connectivity index (χ1n) is 9.76. The third-order valence-electron chi connectivity index (χ3n) is 4.77. The minimum absolute atomic E-state index is 0.0731. The Morgan fingerprint density at radius 1 is 1.10 bits per heavy atom. The van der Waals surface area contributed by atoms with E-state index in [2.05, 4.69) is 51.8 Å². The number of hydrogen-bond acceptors (Lipinski definition) is 7. The summed E-state index contributed by atoms with van der Waals surface area (Å²) in [6.07, 6.45) is 0.254. The van der Waals surface area contributed by atoms with Crippen molar-refractivity contribution in [3.8, 4) is 5.69 Å². The molecule has 9 heteroatoms. The zero-order valence-electron chi connectivity index (χ0n) is 17.5. The number of carbonyl (C=O) groups is 1. The van der Waals surface area contributed by atoms with E-state index < -0.39 is 0 Å². The summed E-state index contributed by atoms with van der Waals surface area (Å²) in [4.78, 5) is 16.9. The largest absolute Gasteiger partial charge is 0.326 e. The van der Waals surface area contributed by atoms with Crippen LogP contribution in [0.3, 0.4) is 0 Å². The van der Waals surface area contributed by atoms with Gasteiger partial charge in [-0.2, -0.15) is 4.68 Å². The maximum absolute atomic E-state index is 12.3. The van der Waals surface area contributed by atoms with Crippen LogP contribution >= 0.6 is 23.1 Å². The molecule has 7 nitrogen and oxygen atoms in total. The zero-order chi connectivity index (χ0) is 21.8. The van der Waals surface area contributed by atoms with E-state index in [0.29, 0.717) is 10.9 Å². The average Bonchev–Trinajstić information content (AvgIpc) is 3.39. The highest BCUT2D eigenvalue weighted by Crippen LogP contribution is 2.24. The van der Waals surface area contributed by atoms with E-state index in [1.807, 2.05) is 42.6 Å². The highest BCUT2D eigenvalue weighted by atomic mass is 32.2. The zero-order valence-corrected chi connectivity index (χ0v) is 19.1. The Bertz CT molecular complexity index is 1200. The normalized spacial score (nSPS) is 10.9. The van der Waals surface area contributed by atoms with Crippen molar-refractivity contribution >= 4 is 34.7 Å². The number of amides is 1. The molecular weight excluding hydrogens is 428 g/mol. The van der Waals surface area contributed by atoms with Gasteiger partial charge in [0, 0.05) is 16.8 Å². The van der Waals surface area contributed by atoms with E-state index in [1.54, 1.807) is 4.68 Å². The monoisotopic (exact) mass is 450 g/mol. The molecule has 0 radical (unpaired) electrons. The van der Waals surface area contributed by atoms with Crippen molar-refractivity contribution in [2.45, 2.75) is 38.1 Å². The Balaban J connectivity index is 1.36. The summed E-state index contributed by atoms with van der Waals surface area (Å²) >= 11 is 3.01. The van der Waals surface area contributed by atoms with Gasteiger partial charge in [0.2, 0.25) is 11.1 Å². The van der Waals surface area contributed by atoms with Crippen molar-refractivity contribution < 1.29 is 4.79 Å². The summed E-state index contributed by atoms with van der Waals surface area (Å²) in [5, 5.41) is 18.5. The number of hydrogen-bond donors (Lipinski definition) is 1. The molecule has 0 fully saturated rings. The molecule has 2 aromatic carbocycles. The molecule has 158 valence electrons. The minimum atomic E-state index is -0.0731. The molecule has 1 amide bonds. The van der Waals surface area contributed by atoms with E-state index in [1.165, 1.54) is 34.2 Å². The van der Waals surface area contributed by atoms with Crippen LogP contribution in [0.2, 0.25) is 0 Å². The summed E-state index contributed by atoms with van der Waals surface area (Å²) in [6.45, 7) is 6.16. The predicted molar refractivity (Wildman–Crippen MR) is 124 cm³/mol. The number of nitrogens with zero attached hydrogens (tertiary/aromatic N) is 5. The molecule has 0 bridgehead atoms. The lowest BCUT2D eigenvalue weighted by molar-refractivity contribution is -0.115. The van der Waals surface area contributed by atoms with Crippen LogP contribution in [0.5, 0.6) is 0 Å². The van der Waals surface area contributed by atoms with Crippen molar-refractivity contribution in [1.82, 2.24) is 25.2 Å². The van der Waals surface area contributed by atoms with Gasteiger partial charge in [-0.1, -0.05) is 35.5 Å². The Kier molecular flexibility index (Phi) is 6.43. The molecular formula is C22H22N6OS2. The van der Waals surface area contributed by atoms with Crippen molar-refractivity contribution in [1.29, 1.82) is 0 Å². The van der Waals surface area contributed by atoms with E-state index in [0.717, 1.165) is 27.6 Å². The summed E-state index contributed by atoms with van der Waals surface area (Å²) < 4.78 is 1.74. The van der Waals surface area contributed by atoms with Crippen LogP contribution in [-0.2, 0) is 17.0 Å². The number of anilines is 1. The number of aromatic nitrogens is 5. The van der Waals surface area contributed by atoms with E-state index in [-0.39, 0.29) is 12.3 Å². The molecule has 4 aromatic rings. The molecule has 0 spiro atoms. The SMILES string of the molecule is Cc1ccc(NC(=O)Cc2nc(CSc3nnnn3-c3ccc(C)c(C)c3)cs2)cc1. The Hall–Kier alpha value is -3.04. The van der Waals surface area contributed by atoms with Crippen LogP contribution in [0, 0.1) is 20.8 Å². The lowest BCUT2D eigenvalue weighted by Gasteiger charge is -2.06. The molecule has 2 aromatic heterocycles. The van der Waals surface area contributed by atoms with Gasteiger partial charge in [-0.3, -0.25) is 4.79 Å². The van der Waals surface area contributed by atoms with Crippen molar-refractivity contribution in [2.75, 3.05) is 5.32 Å². The maximum Gasteiger partial charge on any atom is 0.231 e. The first kappa shape index (κ1) is 21.2. The first-order valence-corrected chi connectivity index (χ1v) is 11.6. The molecule has 31 heavy (non-hydrogen) atoms. The lowest BCUT2D eigenvalue weighted by atomic mass is 10.1. The fraction of sp³-hybridized carbons (Fsp3) is 0.227. The van der Waals surface area contributed by atoms with Crippen LogP contribution in [-0.4, -0.2) is 31.1 Å². The summed E-state index contributed by atoms with van der Waals surface area (Å²) in [5.74, 6) is 0.553. The molecule has 0 aliphatic heterocycles. The second kappa shape index (κ2) is 9.40. The summed E-state index contributed by atoms with van der Waals surface area (Å²) in [6, 6.07) is 13.9. The number of aryl methyl sites for hydroxylation is 3. The molecule has 0 saturated heterocycles. The Morgan fingerprint density at radius 2 is 1.90 bits per heavy atom. The third-order valence-corrected chi connectivity index (χ3v) is 6.62. The number of thiazole rings is 1. The highest BCUT2D eigenvalue weighted by molar-refractivity contribution is 7.98. The second-order valence-corrected chi connectivity index (χ2v) is 9.14. The first-order chi connectivity index (χ1) is 15.0. The molecule has 0 saturated carbocycles. The van der Waals surface area contributed by atoms with E-state index in [9.17, 15) is 4.79 Å². The number of tetrazole rings is 1. The topological polar surface area (TPSA) is 85.6 Å². The number of thioether (sulfide) groups is 1. The molecule has 0 unspecified atom stereocenters. The molecule has 1 N–H and O–H groups in total. The van der Waals surface area contributed by atoms with E-state index >= 15 is 0 Å². The molecule has 0 atom stereocenters. The van der Waals surface area contributed by atoms with Gasteiger partial charge in [0.05, 0.1) is 17.8 Å².